The third-order valence-electron chi connectivity index (χ3n) is 2.65. The molecule has 0 saturated heterocycles. The molecule has 0 amide bonds. The van der Waals surface area contributed by atoms with Crippen LogP contribution in [0.2, 0.25) is 0 Å². The fraction of sp³-hybridized carbons (Fsp3) is 1.00. The lowest BCUT2D eigenvalue weighted by Gasteiger charge is -2.39. The standard InChI is InChI=1S/C8H14F3NO/c1-13-7(8(9,10)11)4-2-3-6(12)5-7/h6H,2-5,12H2,1H3. The molecule has 78 valence electrons. The molecular formula is C8H14F3NO. The van der Waals surface area contributed by atoms with Crippen LogP contribution in [0.1, 0.15) is 25.7 Å². The third-order valence-corrected chi connectivity index (χ3v) is 2.65. The van der Waals surface area contributed by atoms with E-state index in [1.807, 2.05) is 0 Å². The monoisotopic (exact) mass is 197 g/mol. The molecule has 1 saturated carbocycles. The fourth-order valence-electron chi connectivity index (χ4n) is 1.84. The smallest absolute Gasteiger partial charge is 0.369 e. The van der Waals surface area contributed by atoms with Gasteiger partial charge in [0.15, 0.2) is 5.60 Å². The van der Waals surface area contributed by atoms with Crippen LogP contribution in [0.3, 0.4) is 0 Å². The van der Waals surface area contributed by atoms with Crippen LogP contribution in [-0.2, 0) is 4.74 Å². The van der Waals surface area contributed by atoms with Crippen molar-refractivity contribution in [2.75, 3.05) is 7.11 Å². The van der Waals surface area contributed by atoms with Gasteiger partial charge in [-0.1, -0.05) is 0 Å². The summed E-state index contributed by atoms with van der Waals surface area (Å²) in [5.74, 6) is 0. The minimum absolute atomic E-state index is 0.0285. The first kappa shape index (κ1) is 10.8. The number of ether oxygens (including phenoxy) is 1. The maximum atomic E-state index is 12.6. The number of methoxy groups -OCH3 is 1. The Morgan fingerprint density at radius 3 is 2.38 bits per heavy atom. The zero-order valence-corrected chi connectivity index (χ0v) is 7.53. The molecule has 1 fully saturated rings. The molecule has 0 aromatic rings. The fourth-order valence-corrected chi connectivity index (χ4v) is 1.84. The quantitative estimate of drug-likeness (QED) is 0.696. The van der Waals surface area contributed by atoms with Crippen molar-refractivity contribution in [3.8, 4) is 0 Å². The summed E-state index contributed by atoms with van der Waals surface area (Å²) in [4.78, 5) is 0. The van der Waals surface area contributed by atoms with Crippen LogP contribution in [0, 0.1) is 0 Å². The van der Waals surface area contributed by atoms with Gasteiger partial charge >= 0.3 is 6.18 Å². The van der Waals surface area contributed by atoms with Gasteiger partial charge in [0.05, 0.1) is 0 Å². The van der Waals surface area contributed by atoms with Gasteiger partial charge in [-0.05, 0) is 19.3 Å². The lowest BCUT2D eigenvalue weighted by atomic mass is 9.81. The van der Waals surface area contributed by atoms with E-state index >= 15 is 0 Å². The molecule has 2 atom stereocenters. The van der Waals surface area contributed by atoms with E-state index in [-0.39, 0.29) is 12.8 Å². The number of hydrogen-bond acceptors (Lipinski definition) is 2. The Kier molecular flexibility index (Phi) is 2.87. The molecule has 0 aromatic carbocycles. The minimum Gasteiger partial charge on any atom is -0.369 e. The van der Waals surface area contributed by atoms with Crippen molar-refractivity contribution in [1.29, 1.82) is 0 Å². The molecule has 0 bridgehead atoms. The van der Waals surface area contributed by atoms with Gasteiger partial charge in [-0.2, -0.15) is 13.2 Å². The molecule has 2 unspecified atom stereocenters. The Hall–Kier alpha value is -0.290. The van der Waals surface area contributed by atoms with Crippen molar-refractivity contribution < 1.29 is 17.9 Å². The highest BCUT2D eigenvalue weighted by molar-refractivity contribution is 4.95. The lowest BCUT2D eigenvalue weighted by molar-refractivity contribution is -0.280. The number of rotatable bonds is 1. The zero-order chi connectivity index (χ0) is 10.1. The second-order valence-electron chi connectivity index (χ2n) is 3.55. The van der Waals surface area contributed by atoms with E-state index in [1.54, 1.807) is 0 Å². The van der Waals surface area contributed by atoms with Gasteiger partial charge < -0.3 is 10.5 Å². The molecule has 0 aromatic heterocycles. The van der Waals surface area contributed by atoms with Crippen LogP contribution in [0.25, 0.3) is 0 Å². The van der Waals surface area contributed by atoms with E-state index in [0.717, 1.165) is 7.11 Å². The molecule has 0 radical (unpaired) electrons. The maximum Gasteiger partial charge on any atom is 0.417 e. The molecule has 1 aliphatic rings. The summed E-state index contributed by atoms with van der Waals surface area (Å²) in [6.45, 7) is 0. The van der Waals surface area contributed by atoms with Gasteiger partial charge in [-0.25, -0.2) is 0 Å². The first-order valence-corrected chi connectivity index (χ1v) is 4.29. The Morgan fingerprint density at radius 2 is 2.08 bits per heavy atom. The van der Waals surface area contributed by atoms with Crippen molar-refractivity contribution in [3.63, 3.8) is 0 Å². The van der Waals surface area contributed by atoms with Crippen molar-refractivity contribution >= 4 is 0 Å². The van der Waals surface area contributed by atoms with E-state index in [4.69, 9.17) is 5.73 Å². The van der Waals surface area contributed by atoms with Crippen molar-refractivity contribution in [1.82, 2.24) is 0 Å². The SMILES string of the molecule is COC1(C(F)(F)F)CCCC(N)C1. The molecule has 0 spiro atoms. The highest BCUT2D eigenvalue weighted by Gasteiger charge is 2.56. The molecule has 1 aliphatic carbocycles. The second-order valence-corrected chi connectivity index (χ2v) is 3.55. The highest BCUT2D eigenvalue weighted by atomic mass is 19.4. The van der Waals surface area contributed by atoms with Gasteiger partial charge in [0.1, 0.15) is 0 Å². The molecule has 1 rings (SSSR count). The van der Waals surface area contributed by atoms with Crippen LogP contribution in [0.4, 0.5) is 13.2 Å². The van der Waals surface area contributed by atoms with E-state index in [0.29, 0.717) is 12.8 Å². The van der Waals surface area contributed by atoms with Crippen LogP contribution in [0.5, 0.6) is 0 Å². The summed E-state index contributed by atoms with van der Waals surface area (Å²) in [5, 5.41) is 0. The third kappa shape index (κ3) is 1.96. The topological polar surface area (TPSA) is 35.2 Å². The molecule has 5 heteroatoms. The zero-order valence-electron chi connectivity index (χ0n) is 7.53. The van der Waals surface area contributed by atoms with Gasteiger partial charge in [0, 0.05) is 19.6 Å². The molecule has 13 heavy (non-hydrogen) atoms. The van der Waals surface area contributed by atoms with Crippen molar-refractivity contribution in [2.45, 2.75) is 43.5 Å². The predicted molar refractivity (Wildman–Crippen MR) is 42.2 cm³/mol. The first-order valence-electron chi connectivity index (χ1n) is 4.29. The molecule has 2 nitrogen and oxygen atoms in total. The summed E-state index contributed by atoms with van der Waals surface area (Å²) in [5.41, 5.74) is 3.51. The number of alkyl halides is 3. The number of halogens is 3. The first-order chi connectivity index (χ1) is 5.91. The van der Waals surface area contributed by atoms with E-state index in [1.165, 1.54) is 0 Å². The van der Waals surface area contributed by atoms with Crippen molar-refractivity contribution in [3.05, 3.63) is 0 Å². The van der Waals surface area contributed by atoms with Crippen LogP contribution >= 0.6 is 0 Å². The Balaban J connectivity index is 2.79. The van der Waals surface area contributed by atoms with Gasteiger partial charge in [-0.15, -0.1) is 0 Å². The largest absolute Gasteiger partial charge is 0.417 e. The summed E-state index contributed by atoms with van der Waals surface area (Å²) in [6.07, 6.45) is -3.26. The van der Waals surface area contributed by atoms with Gasteiger partial charge in [-0.3, -0.25) is 0 Å². The van der Waals surface area contributed by atoms with E-state index in [9.17, 15) is 13.2 Å². The highest BCUT2D eigenvalue weighted by Crippen LogP contribution is 2.43. The number of hydrogen-bond donors (Lipinski definition) is 1. The normalized spacial score (nSPS) is 36.2. The van der Waals surface area contributed by atoms with E-state index < -0.39 is 17.8 Å². The summed E-state index contributed by atoms with van der Waals surface area (Å²) >= 11 is 0. The van der Waals surface area contributed by atoms with Gasteiger partial charge in [0.25, 0.3) is 0 Å². The molecule has 0 aliphatic heterocycles. The Labute approximate surface area is 75.2 Å². The minimum atomic E-state index is -4.31. The Bertz CT molecular complexity index is 183. The molecular weight excluding hydrogens is 183 g/mol. The van der Waals surface area contributed by atoms with Gasteiger partial charge in [0.2, 0.25) is 0 Å². The average molecular weight is 197 g/mol. The number of nitrogens with two attached hydrogens (primary N) is 1. The second kappa shape index (κ2) is 3.46. The predicted octanol–water partition coefficient (Wildman–Crippen LogP) is 1.84. The van der Waals surface area contributed by atoms with Crippen molar-refractivity contribution in [2.24, 2.45) is 5.73 Å². The summed E-state index contributed by atoms with van der Waals surface area (Å²) < 4.78 is 42.4. The van der Waals surface area contributed by atoms with E-state index in [2.05, 4.69) is 4.74 Å². The summed E-state index contributed by atoms with van der Waals surface area (Å²) in [6, 6.07) is -0.393. The average Bonchev–Trinajstić information content (AvgIpc) is 2.02. The van der Waals surface area contributed by atoms with Crippen LogP contribution in [0.15, 0.2) is 0 Å². The summed E-state index contributed by atoms with van der Waals surface area (Å²) in [7, 11) is 1.10. The van der Waals surface area contributed by atoms with Crippen LogP contribution < -0.4 is 5.73 Å². The maximum absolute atomic E-state index is 12.6. The Morgan fingerprint density at radius 1 is 1.46 bits per heavy atom. The van der Waals surface area contributed by atoms with Crippen LogP contribution in [-0.4, -0.2) is 24.9 Å². The molecule has 0 heterocycles. The molecule has 2 N–H and O–H groups in total. The lowest BCUT2D eigenvalue weighted by Crippen LogP contribution is -2.53.